The van der Waals surface area contributed by atoms with E-state index in [0.29, 0.717) is 12.2 Å². The molecule has 0 bridgehead atoms. The fraction of sp³-hybridized carbons (Fsp3) is 0.300. The van der Waals surface area contributed by atoms with E-state index in [1.807, 2.05) is 43.3 Å². The van der Waals surface area contributed by atoms with E-state index < -0.39 is 10.7 Å². The number of nitro benzene ring substituents is 1. The van der Waals surface area contributed by atoms with Crippen LogP contribution in [0.5, 0.6) is 5.75 Å². The Bertz CT molecular complexity index is 897. The van der Waals surface area contributed by atoms with Gasteiger partial charge in [0.15, 0.2) is 0 Å². The fourth-order valence-electron chi connectivity index (χ4n) is 4.15. The van der Waals surface area contributed by atoms with E-state index >= 15 is 0 Å². The number of para-hydroxylation sites is 1. The molecule has 2 aromatic rings. The second-order valence-corrected chi connectivity index (χ2v) is 6.56. The van der Waals surface area contributed by atoms with Crippen LogP contribution in [0.2, 0.25) is 0 Å². The van der Waals surface area contributed by atoms with Crippen molar-refractivity contribution in [3.63, 3.8) is 0 Å². The van der Waals surface area contributed by atoms with E-state index in [0.717, 1.165) is 23.8 Å². The molecule has 0 saturated carbocycles. The summed E-state index contributed by atoms with van der Waals surface area (Å²) in [7, 11) is 0. The first-order chi connectivity index (χ1) is 12.6. The number of fused-ring (bicyclic) bond motifs is 3. The molecule has 2 aliphatic rings. The summed E-state index contributed by atoms with van der Waals surface area (Å²) in [5.41, 5.74) is 1.58. The number of nitro groups is 1. The standard InChI is InChI=1S/C20H19FN2O3/c1-2-26-17-9-4-3-6-14(17)19-13-8-5-7-12(13)18-16(23(24)25)11-10-15(21)20(18)22-19/h3-7,9-13,19,22H,2,8H2,1H3. The van der Waals surface area contributed by atoms with Crippen LogP contribution < -0.4 is 10.1 Å². The highest BCUT2D eigenvalue weighted by Crippen LogP contribution is 2.54. The highest BCUT2D eigenvalue weighted by atomic mass is 19.1. The molecular weight excluding hydrogens is 335 g/mol. The molecule has 6 heteroatoms. The van der Waals surface area contributed by atoms with Gasteiger partial charge in [0.05, 0.1) is 28.8 Å². The van der Waals surface area contributed by atoms with Crippen molar-refractivity contribution in [3.05, 3.63) is 75.6 Å². The van der Waals surface area contributed by atoms with Gasteiger partial charge in [-0.05, 0) is 31.4 Å². The number of ether oxygens (including phenoxy) is 1. The number of nitrogens with zero attached hydrogens (tertiary/aromatic N) is 1. The maximum absolute atomic E-state index is 14.6. The van der Waals surface area contributed by atoms with Crippen molar-refractivity contribution >= 4 is 11.4 Å². The van der Waals surface area contributed by atoms with Crippen molar-refractivity contribution in [2.45, 2.75) is 25.3 Å². The third-order valence-corrected chi connectivity index (χ3v) is 5.20. The summed E-state index contributed by atoms with van der Waals surface area (Å²) < 4.78 is 20.3. The molecule has 0 aromatic heterocycles. The fourth-order valence-corrected chi connectivity index (χ4v) is 4.15. The lowest BCUT2D eigenvalue weighted by Gasteiger charge is -2.37. The molecule has 2 aromatic carbocycles. The van der Waals surface area contributed by atoms with Gasteiger partial charge in [0.2, 0.25) is 0 Å². The quantitative estimate of drug-likeness (QED) is 0.479. The first kappa shape index (κ1) is 16.6. The second kappa shape index (κ2) is 6.44. The largest absolute Gasteiger partial charge is 0.494 e. The van der Waals surface area contributed by atoms with Crippen LogP contribution in [0, 0.1) is 21.8 Å². The molecule has 3 atom stereocenters. The van der Waals surface area contributed by atoms with Crippen LogP contribution in [0.1, 0.15) is 36.4 Å². The molecule has 134 valence electrons. The van der Waals surface area contributed by atoms with Gasteiger partial charge in [0.25, 0.3) is 5.69 Å². The number of benzene rings is 2. The summed E-state index contributed by atoms with van der Waals surface area (Å²) >= 11 is 0. The topological polar surface area (TPSA) is 64.4 Å². The van der Waals surface area contributed by atoms with Gasteiger partial charge in [-0.3, -0.25) is 10.1 Å². The number of anilines is 1. The normalized spacial score (nSPS) is 23.1. The lowest BCUT2D eigenvalue weighted by atomic mass is 9.76. The Labute approximate surface area is 150 Å². The molecule has 0 fully saturated rings. The molecule has 1 aliphatic heterocycles. The van der Waals surface area contributed by atoms with Crippen LogP contribution in [-0.2, 0) is 0 Å². The van der Waals surface area contributed by atoms with Crippen molar-refractivity contribution in [1.29, 1.82) is 0 Å². The van der Waals surface area contributed by atoms with Gasteiger partial charge < -0.3 is 10.1 Å². The number of halogens is 1. The van der Waals surface area contributed by atoms with Crippen molar-refractivity contribution < 1.29 is 14.1 Å². The van der Waals surface area contributed by atoms with Gasteiger partial charge in [-0.2, -0.15) is 0 Å². The predicted molar refractivity (Wildman–Crippen MR) is 97.0 cm³/mol. The minimum Gasteiger partial charge on any atom is -0.494 e. The number of allylic oxidation sites excluding steroid dienone is 2. The Kier molecular flexibility index (Phi) is 4.11. The van der Waals surface area contributed by atoms with Gasteiger partial charge in [0, 0.05) is 17.5 Å². The number of rotatable bonds is 4. The van der Waals surface area contributed by atoms with Crippen molar-refractivity contribution in [1.82, 2.24) is 0 Å². The Balaban J connectivity index is 1.86. The molecule has 1 heterocycles. The molecule has 0 spiro atoms. The first-order valence-electron chi connectivity index (χ1n) is 8.73. The van der Waals surface area contributed by atoms with E-state index in [-0.39, 0.29) is 29.3 Å². The minimum atomic E-state index is -0.469. The van der Waals surface area contributed by atoms with E-state index in [9.17, 15) is 14.5 Å². The van der Waals surface area contributed by atoms with Gasteiger partial charge in [-0.15, -0.1) is 0 Å². The van der Waals surface area contributed by atoms with E-state index in [4.69, 9.17) is 4.74 Å². The second-order valence-electron chi connectivity index (χ2n) is 6.56. The lowest BCUT2D eigenvalue weighted by Crippen LogP contribution is -2.30. The summed E-state index contributed by atoms with van der Waals surface area (Å²) in [6, 6.07) is 9.94. The highest BCUT2D eigenvalue weighted by Gasteiger charge is 2.43. The SMILES string of the molecule is CCOc1ccccc1C1Nc2c(F)ccc([N+](=O)[O-])c2C2C=CCC21. The average molecular weight is 354 g/mol. The smallest absolute Gasteiger partial charge is 0.275 e. The summed E-state index contributed by atoms with van der Waals surface area (Å²) in [6.07, 6.45) is 4.76. The lowest BCUT2D eigenvalue weighted by molar-refractivity contribution is -0.385. The minimum absolute atomic E-state index is 0.0352. The molecular formula is C20H19FN2O3. The van der Waals surface area contributed by atoms with E-state index in [2.05, 4.69) is 5.32 Å². The number of nitrogens with one attached hydrogen (secondary N) is 1. The molecule has 0 saturated heterocycles. The molecule has 4 rings (SSSR count). The van der Waals surface area contributed by atoms with E-state index in [1.54, 1.807) is 0 Å². The van der Waals surface area contributed by atoms with Crippen LogP contribution in [0.3, 0.4) is 0 Å². The summed E-state index contributed by atoms with van der Waals surface area (Å²) in [4.78, 5) is 11.0. The maximum Gasteiger partial charge on any atom is 0.275 e. The van der Waals surface area contributed by atoms with Crippen LogP contribution in [0.15, 0.2) is 48.6 Å². The summed E-state index contributed by atoms with van der Waals surface area (Å²) in [6.45, 7) is 2.45. The maximum atomic E-state index is 14.6. The third kappa shape index (κ3) is 2.53. The first-order valence-corrected chi connectivity index (χ1v) is 8.73. The zero-order valence-corrected chi connectivity index (χ0v) is 14.3. The molecule has 26 heavy (non-hydrogen) atoms. The number of hydrogen-bond acceptors (Lipinski definition) is 4. The Hall–Kier alpha value is -2.89. The Morgan fingerprint density at radius 3 is 2.88 bits per heavy atom. The molecule has 1 aliphatic carbocycles. The monoisotopic (exact) mass is 354 g/mol. The molecule has 0 radical (unpaired) electrons. The van der Waals surface area contributed by atoms with Crippen LogP contribution >= 0.6 is 0 Å². The zero-order valence-electron chi connectivity index (χ0n) is 14.3. The molecule has 1 N–H and O–H groups in total. The average Bonchev–Trinajstić information content (AvgIpc) is 3.12. The summed E-state index contributed by atoms with van der Waals surface area (Å²) in [5, 5.41) is 14.7. The van der Waals surface area contributed by atoms with Gasteiger partial charge in [-0.25, -0.2) is 4.39 Å². The number of hydrogen-bond donors (Lipinski definition) is 1. The summed E-state index contributed by atoms with van der Waals surface area (Å²) in [5.74, 6) is 0.169. The van der Waals surface area contributed by atoms with Crippen molar-refractivity contribution in [3.8, 4) is 5.75 Å². The molecule has 5 nitrogen and oxygen atoms in total. The van der Waals surface area contributed by atoms with Gasteiger partial charge in [-0.1, -0.05) is 30.4 Å². The van der Waals surface area contributed by atoms with E-state index in [1.165, 1.54) is 6.07 Å². The highest BCUT2D eigenvalue weighted by molar-refractivity contribution is 5.68. The molecule has 0 amide bonds. The van der Waals surface area contributed by atoms with Crippen molar-refractivity contribution in [2.24, 2.45) is 5.92 Å². The third-order valence-electron chi connectivity index (χ3n) is 5.20. The Morgan fingerprint density at radius 2 is 2.12 bits per heavy atom. The molecule has 3 unspecified atom stereocenters. The van der Waals surface area contributed by atoms with Crippen LogP contribution in [-0.4, -0.2) is 11.5 Å². The van der Waals surface area contributed by atoms with Crippen LogP contribution in [0.25, 0.3) is 0 Å². The Morgan fingerprint density at radius 1 is 1.31 bits per heavy atom. The predicted octanol–water partition coefficient (Wildman–Crippen LogP) is 4.96. The van der Waals surface area contributed by atoms with Gasteiger partial charge >= 0.3 is 0 Å². The zero-order chi connectivity index (χ0) is 18.3. The van der Waals surface area contributed by atoms with Gasteiger partial charge in [0.1, 0.15) is 11.6 Å². The van der Waals surface area contributed by atoms with Crippen molar-refractivity contribution in [2.75, 3.05) is 11.9 Å². The van der Waals surface area contributed by atoms with Crippen LogP contribution in [0.4, 0.5) is 15.8 Å².